The van der Waals surface area contributed by atoms with E-state index < -0.39 is 21.7 Å². The molecule has 0 aliphatic carbocycles. The Morgan fingerprint density at radius 1 is 0.724 bits per heavy atom. The van der Waals surface area contributed by atoms with E-state index in [1.165, 1.54) is 36.4 Å². The van der Waals surface area contributed by atoms with E-state index in [1.807, 2.05) is 0 Å². The molecule has 0 fully saturated rings. The van der Waals surface area contributed by atoms with Gasteiger partial charge in [-0.1, -0.05) is 24.3 Å². The molecule has 0 atom stereocenters. The van der Waals surface area contributed by atoms with Gasteiger partial charge >= 0.3 is 0 Å². The molecule has 0 saturated carbocycles. The number of sulfonamides is 1. The van der Waals surface area contributed by atoms with E-state index in [1.54, 1.807) is 24.3 Å². The predicted octanol–water partition coefficient (Wildman–Crippen LogP) is 3.37. The second-order valence-electron chi connectivity index (χ2n) is 6.28. The van der Waals surface area contributed by atoms with Gasteiger partial charge in [0.1, 0.15) is 11.6 Å². The first-order valence-corrected chi connectivity index (χ1v) is 10.2. The van der Waals surface area contributed by atoms with Crippen molar-refractivity contribution in [2.45, 2.75) is 18.0 Å². The van der Waals surface area contributed by atoms with Crippen LogP contribution in [0.3, 0.4) is 0 Å². The summed E-state index contributed by atoms with van der Waals surface area (Å²) in [5.74, 6) is -1.24. The molecule has 0 saturated heterocycles. The third-order valence-electron chi connectivity index (χ3n) is 4.17. The van der Waals surface area contributed by atoms with Crippen LogP contribution in [0.1, 0.15) is 21.5 Å². The molecule has 1 amide bonds. The topological polar surface area (TPSA) is 75.3 Å². The molecule has 150 valence electrons. The van der Waals surface area contributed by atoms with Gasteiger partial charge < -0.3 is 5.32 Å². The number of nitrogens with one attached hydrogen (secondary N) is 2. The van der Waals surface area contributed by atoms with Crippen molar-refractivity contribution in [3.8, 4) is 0 Å². The molecule has 0 heterocycles. The third-order valence-corrected chi connectivity index (χ3v) is 5.59. The van der Waals surface area contributed by atoms with Crippen molar-refractivity contribution < 1.29 is 22.0 Å². The highest BCUT2D eigenvalue weighted by Crippen LogP contribution is 2.11. The number of carbonyl (C=O) groups excluding carboxylic acids is 1. The van der Waals surface area contributed by atoms with Crippen LogP contribution in [0.5, 0.6) is 0 Å². The van der Waals surface area contributed by atoms with Gasteiger partial charge in [-0.15, -0.1) is 0 Å². The lowest BCUT2D eigenvalue weighted by Gasteiger charge is -2.09. The average Bonchev–Trinajstić information content (AvgIpc) is 2.72. The van der Waals surface area contributed by atoms with Crippen molar-refractivity contribution in [1.82, 2.24) is 10.0 Å². The van der Waals surface area contributed by atoms with Gasteiger partial charge in [0.15, 0.2) is 0 Å². The van der Waals surface area contributed by atoms with Crippen molar-refractivity contribution >= 4 is 15.9 Å². The van der Waals surface area contributed by atoms with E-state index in [0.29, 0.717) is 5.56 Å². The van der Waals surface area contributed by atoms with E-state index in [4.69, 9.17) is 0 Å². The SMILES string of the molecule is O=C(NCc1ccc(CNS(=O)(=O)c2ccc(F)cc2)cc1)c1ccc(F)cc1. The Bertz CT molecular complexity index is 1080. The fourth-order valence-electron chi connectivity index (χ4n) is 2.54. The van der Waals surface area contributed by atoms with E-state index in [9.17, 15) is 22.0 Å². The molecule has 0 unspecified atom stereocenters. The summed E-state index contributed by atoms with van der Waals surface area (Å²) in [6.45, 7) is 0.347. The normalized spacial score (nSPS) is 11.2. The first-order valence-electron chi connectivity index (χ1n) is 8.70. The molecule has 0 bridgehead atoms. The minimum Gasteiger partial charge on any atom is -0.348 e. The van der Waals surface area contributed by atoms with Crippen molar-refractivity contribution in [3.63, 3.8) is 0 Å². The van der Waals surface area contributed by atoms with E-state index >= 15 is 0 Å². The third kappa shape index (κ3) is 5.69. The molecule has 2 N–H and O–H groups in total. The Morgan fingerprint density at radius 2 is 1.21 bits per heavy atom. The van der Waals surface area contributed by atoms with Crippen LogP contribution in [-0.4, -0.2) is 14.3 Å². The highest BCUT2D eigenvalue weighted by atomic mass is 32.2. The summed E-state index contributed by atoms with van der Waals surface area (Å²) >= 11 is 0. The van der Waals surface area contributed by atoms with Crippen LogP contribution < -0.4 is 10.0 Å². The Morgan fingerprint density at radius 3 is 1.76 bits per heavy atom. The van der Waals surface area contributed by atoms with Crippen molar-refractivity contribution in [3.05, 3.63) is 101 Å². The second kappa shape index (κ2) is 8.93. The van der Waals surface area contributed by atoms with E-state index in [-0.39, 0.29) is 23.9 Å². The molecule has 3 aromatic carbocycles. The van der Waals surface area contributed by atoms with Crippen LogP contribution in [-0.2, 0) is 23.1 Å². The summed E-state index contributed by atoms with van der Waals surface area (Å²) in [5.41, 5.74) is 1.91. The smallest absolute Gasteiger partial charge is 0.251 e. The minimum absolute atomic E-state index is 0.0148. The van der Waals surface area contributed by atoms with Gasteiger partial charge in [0, 0.05) is 18.7 Å². The van der Waals surface area contributed by atoms with Crippen LogP contribution in [0, 0.1) is 11.6 Å². The average molecular weight is 416 g/mol. The summed E-state index contributed by atoms with van der Waals surface area (Å²) in [6.07, 6.45) is 0. The zero-order chi connectivity index (χ0) is 20.9. The van der Waals surface area contributed by atoms with Crippen LogP contribution in [0.25, 0.3) is 0 Å². The molecule has 3 rings (SSSR count). The van der Waals surface area contributed by atoms with E-state index in [2.05, 4.69) is 10.0 Å². The molecule has 0 spiro atoms. The molecular formula is C21H18F2N2O3S. The molecule has 5 nitrogen and oxygen atoms in total. The number of carbonyl (C=O) groups is 1. The quantitative estimate of drug-likeness (QED) is 0.620. The number of halogens is 2. The van der Waals surface area contributed by atoms with Gasteiger partial charge in [-0.2, -0.15) is 0 Å². The van der Waals surface area contributed by atoms with E-state index in [0.717, 1.165) is 23.3 Å². The lowest BCUT2D eigenvalue weighted by molar-refractivity contribution is 0.0951. The standard InChI is InChI=1S/C21H18F2N2O3S/c22-18-7-5-17(6-8-18)21(26)24-13-15-1-3-16(4-2-15)14-25-29(27,28)20-11-9-19(23)10-12-20/h1-12,25H,13-14H2,(H,24,26). The molecule has 0 aromatic heterocycles. The highest BCUT2D eigenvalue weighted by Gasteiger charge is 2.13. The first-order chi connectivity index (χ1) is 13.8. The lowest BCUT2D eigenvalue weighted by atomic mass is 10.1. The Balaban J connectivity index is 1.54. The molecular weight excluding hydrogens is 398 g/mol. The maximum Gasteiger partial charge on any atom is 0.251 e. The molecule has 0 radical (unpaired) electrons. The van der Waals surface area contributed by atoms with Crippen molar-refractivity contribution in [1.29, 1.82) is 0 Å². The molecule has 0 aliphatic rings. The summed E-state index contributed by atoms with van der Waals surface area (Å²) in [6, 6.07) is 16.8. The second-order valence-corrected chi connectivity index (χ2v) is 8.05. The van der Waals surface area contributed by atoms with Crippen LogP contribution >= 0.6 is 0 Å². The maximum atomic E-state index is 12.9. The summed E-state index contributed by atoms with van der Waals surface area (Å²) < 4.78 is 52.7. The van der Waals surface area contributed by atoms with Gasteiger partial charge in [-0.25, -0.2) is 21.9 Å². The summed E-state index contributed by atoms with van der Waals surface area (Å²) in [4.78, 5) is 12.0. The number of hydrogen-bond donors (Lipinski definition) is 2. The zero-order valence-electron chi connectivity index (χ0n) is 15.2. The van der Waals surface area contributed by atoms with Crippen LogP contribution in [0.15, 0.2) is 77.7 Å². The number of amides is 1. The monoisotopic (exact) mass is 416 g/mol. The molecule has 8 heteroatoms. The minimum atomic E-state index is -3.74. The van der Waals surface area contributed by atoms with Gasteiger partial charge in [-0.05, 0) is 59.7 Å². The van der Waals surface area contributed by atoms with Crippen molar-refractivity contribution in [2.75, 3.05) is 0 Å². The number of hydrogen-bond acceptors (Lipinski definition) is 3. The highest BCUT2D eigenvalue weighted by molar-refractivity contribution is 7.89. The Kier molecular flexibility index (Phi) is 6.36. The number of benzene rings is 3. The van der Waals surface area contributed by atoms with Crippen molar-refractivity contribution in [2.24, 2.45) is 0 Å². The molecule has 3 aromatic rings. The lowest BCUT2D eigenvalue weighted by Crippen LogP contribution is -2.23. The Hall–Kier alpha value is -3.10. The predicted molar refractivity (Wildman–Crippen MR) is 104 cm³/mol. The summed E-state index contributed by atoms with van der Waals surface area (Å²) in [5, 5.41) is 2.73. The maximum absolute atomic E-state index is 12.9. The van der Waals surface area contributed by atoms with Crippen LogP contribution in [0.4, 0.5) is 8.78 Å². The first kappa shape index (κ1) is 20.6. The summed E-state index contributed by atoms with van der Waals surface area (Å²) in [7, 11) is -3.74. The van der Waals surface area contributed by atoms with Gasteiger partial charge in [0.05, 0.1) is 4.90 Å². The fraction of sp³-hybridized carbons (Fsp3) is 0.0952. The molecule has 0 aliphatic heterocycles. The van der Waals surface area contributed by atoms with Gasteiger partial charge in [0.2, 0.25) is 10.0 Å². The number of rotatable bonds is 7. The fourth-order valence-corrected chi connectivity index (χ4v) is 3.55. The Labute approximate surface area is 167 Å². The largest absolute Gasteiger partial charge is 0.348 e. The zero-order valence-corrected chi connectivity index (χ0v) is 16.0. The van der Waals surface area contributed by atoms with Crippen LogP contribution in [0.2, 0.25) is 0 Å². The van der Waals surface area contributed by atoms with Gasteiger partial charge in [-0.3, -0.25) is 4.79 Å². The van der Waals surface area contributed by atoms with Gasteiger partial charge in [0.25, 0.3) is 5.91 Å². The molecule has 29 heavy (non-hydrogen) atoms.